The van der Waals surface area contributed by atoms with Gasteiger partial charge in [0.25, 0.3) is 5.69 Å². The summed E-state index contributed by atoms with van der Waals surface area (Å²) in [5.41, 5.74) is 1.07. The average Bonchev–Trinajstić information content (AvgIpc) is 2.38. The summed E-state index contributed by atoms with van der Waals surface area (Å²) in [5, 5.41) is 16.8. The van der Waals surface area contributed by atoms with Gasteiger partial charge in [0.1, 0.15) is 0 Å². The Labute approximate surface area is 124 Å². The molecule has 0 saturated carbocycles. The zero-order valence-electron chi connectivity index (χ0n) is 12.3. The third-order valence-corrected chi connectivity index (χ3v) is 4.59. The fourth-order valence-corrected chi connectivity index (χ4v) is 2.36. The molecular weight excluding hydrogens is 296 g/mol. The summed E-state index contributed by atoms with van der Waals surface area (Å²) in [6.07, 6.45) is 0. The molecule has 2 N–H and O–H groups in total. The number of anilines is 2. The van der Waals surface area contributed by atoms with E-state index in [-0.39, 0.29) is 18.0 Å². The van der Waals surface area contributed by atoms with E-state index < -0.39 is 14.9 Å². The monoisotopic (exact) mass is 316 g/mol. The van der Waals surface area contributed by atoms with Crippen LogP contribution in [-0.4, -0.2) is 50.6 Å². The maximum atomic E-state index is 11.6. The molecule has 0 radical (unpaired) electrons. The summed E-state index contributed by atoms with van der Waals surface area (Å²) in [7, 11) is -0.365. The van der Waals surface area contributed by atoms with E-state index in [0.717, 1.165) is 4.31 Å². The minimum Gasteiger partial charge on any atom is -0.385 e. The zero-order chi connectivity index (χ0) is 16.0. The molecule has 0 atom stereocenters. The molecule has 21 heavy (non-hydrogen) atoms. The lowest BCUT2D eigenvalue weighted by atomic mass is 10.2. The van der Waals surface area contributed by atoms with E-state index in [1.165, 1.54) is 26.2 Å². The van der Waals surface area contributed by atoms with Gasteiger partial charge in [-0.3, -0.25) is 10.1 Å². The fourth-order valence-electron chi connectivity index (χ4n) is 1.63. The van der Waals surface area contributed by atoms with Gasteiger partial charge in [-0.1, -0.05) is 0 Å². The largest absolute Gasteiger partial charge is 0.385 e. The predicted molar refractivity (Wildman–Crippen MR) is 83.2 cm³/mol. The van der Waals surface area contributed by atoms with Crippen LogP contribution in [0.4, 0.5) is 17.1 Å². The molecule has 0 aliphatic heterocycles. The van der Waals surface area contributed by atoms with Gasteiger partial charge < -0.3 is 10.6 Å². The highest BCUT2D eigenvalue weighted by Crippen LogP contribution is 2.24. The lowest BCUT2D eigenvalue weighted by Crippen LogP contribution is -2.28. The van der Waals surface area contributed by atoms with Gasteiger partial charge in [0.05, 0.1) is 10.7 Å². The van der Waals surface area contributed by atoms with Gasteiger partial charge in [-0.05, 0) is 13.0 Å². The Morgan fingerprint density at radius 3 is 2.24 bits per heavy atom. The van der Waals surface area contributed by atoms with Crippen molar-refractivity contribution in [1.29, 1.82) is 0 Å². The van der Waals surface area contributed by atoms with Gasteiger partial charge in [0, 0.05) is 50.7 Å². The number of hydrogen-bond donors (Lipinski definition) is 2. The third kappa shape index (κ3) is 5.20. The Bertz CT molecular complexity index is 601. The maximum Gasteiger partial charge on any atom is 0.273 e. The minimum absolute atomic E-state index is 0.0496. The minimum atomic E-state index is -3.29. The van der Waals surface area contributed by atoms with Crippen molar-refractivity contribution >= 4 is 27.1 Å². The second kappa shape index (κ2) is 7.23. The molecule has 0 heterocycles. The molecule has 0 aliphatic carbocycles. The van der Waals surface area contributed by atoms with E-state index in [1.54, 1.807) is 6.07 Å². The smallest absolute Gasteiger partial charge is 0.273 e. The molecule has 9 heteroatoms. The van der Waals surface area contributed by atoms with Crippen LogP contribution in [0.15, 0.2) is 18.2 Å². The zero-order valence-corrected chi connectivity index (χ0v) is 13.1. The maximum absolute atomic E-state index is 11.6. The van der Waals surface area contributed by atoms with Crippen LogP contribution in [0.25, 0.3) is 0 Å². The second-order valence-corrected chi connectivity index (χ2v) is 6.88. The lowest BCUT2D eigenvalue weighted by molar-refractivity contribution is -0.384. The van der Waals surface area contributed by atoms with Crippen LogP contribution in [0.3, 0.4) is 0 Å². The summed E-state index contributed by atoms with van der Waals surface area (Å²) in [6.45, 7) is 2.69. The van der Waals surface area contributed by atoms with E-state index in [9.17, 15) is 18.5 Å². The second-order valence-electron chi connectivity index (χ2n) is 4.58. The normalized spacial score (nSPS) is 11.4. The number of nitrogens with one attached hydrogen (secondary N) is 2. The number of benzene rings is 1. The molecule has 0 aliphatic rings. The standard InChI is InChI=1S/C12H20N4O4S/c1-4-13-10-7-11(9-12(8-10)16(17)18)14-5-6-21(19,20)15(2)3/h7-9,13-14H,4-6H2,1-3H3. The van der Waals surface area contributed by atoms with Crippen molar-refractivity contribution < 1.29 is 13.3 Å². The molecule has 0 amide bonds. The van der Waals surface area contributed by atoms with Gasteiger partial charge in [-0.25, -0.2) is 12.7 Å². The van der Waals surface area contributed by atoms with Crippen molar-refractivity contribution in [2.75, 3.05) is 43.6 Å². The van der Waals surface area contributed by atoms with E-state index in [0.29, 0.717) is 17.9 Å². The lowest BCUT2D eigenvalue weighted by Gasteiger charge is -2.13. The quantitative estimate of drug-likeness (QED) is 0.554. The summed E-state index contributed by atoms with van der Waals surface area (Å²) in [4.78, 5) is 10.4. The third-order valence-electron chi connectivity index (χ3n) is 2.75. The van der Waals surface area contributed by atoms with Crippen molar-refractivity contribution in [2.45, 2.75) is 6.92 Å². The van der Waals surface area contributed by atoms with Gasteiger partial charge in [-0.15, -0.1) is 0 Å². The van der Waals surface area contributed by atoms with Crippen LogP contribution in [0.2, 0.25) is 0 Å². The van der Waals surface area contributed by atoms with Gasteiger partial charge in [0.2, 0.25) is 10.0 Å². The van der Waals surface area contributed by atoms with Gasteiger partial charge in [-0.2, -0.15) is 0 Å². The van der Waals surface area contributed by atoms with Crippen molar-refractivity contribution in [1.82, 2.24) is 4.31 Å². The number of nitro groups is 1. The van der Waals surface area contributed by atoms with E-state index >= 15 is 0 Å². The van der Waals surface area contributed by atoms with Crippen LogP contribution in [0.1, 0.15) is 6.92 Å². The van der Waals surface area contributed by atoms with Crippen LogP contribution in [-0.2, 0) is 10.0 Å². The Morgan fingerprint density at radius 2 is 1.76 bits per heavy atom. The first-order valence-electron chi connectivity index (χ1n) is 6.43. The molecule has 1 rings (SSSR count). The summed E-state index contributed by atoms with van der Waals surface area (Å²) in [6, 6.07) is 4.52. The molecule has 1 aromatic carbocycles. The first-order valence-corrected chi connectivity index (χ1v) is 8.04. The van der Waals surface area contributed by atoms with Crippen molar-refractivity contribution in [2.24, 2.45) is 0 Å². The number of non-ortho nitro benzene ring substituents is 1. The number of hydrogen-bond acceptors (Lipinski definition) is 6. The van der Waals surface area contributed by atoms with Crippen LogP contribution >= 0.6 is 0 Å². The summed E-state index contributed by atoms with van der Waals surface area (Å²) in [5.74, 6) is -0.0841. The topological polar surface area (TPSA) is 105 Å². The predicted octanol–water partition coefficient (Wildman–Crippen LogP) is 1.33. The number of nitro benzene ring substituents is 1. The fraction of sp³-hybridized carbons (Fsp3) is 0.500. The molecule has 1 aromatic rings. The van der Waals surface area contributed by atoms with Crippen molar-refractivity contribution in [3.05, 3.63) is 28.3 Å². The Morgan fingerprint density at radius 1 is 1.19 bits per heavy atom. The molecule has 0 fully saturated rings. The SMILES string of the molecule is CCNc1cc(NCCS(=O)(=O)N(C)C)cc([N+](=O)[O-])c1. The van der Waals surface area contributed by atoms with E-state index in [2.05, 4.69) is 10.6 Å². The van der Waals surface area contributed by atoms with Gasteiger partial charge in [0.15, 0.2) is 0 Å². The first kappa shape index (κ1) is 17.2. The van der Waals surface area contributed by atoms with Crippen molar-refractivity contribution in [3.8, 4) is 0 Å². The van der Waals surface area contributed by atoms with E-state index in [4.69, 9.17) is 0 Å². The van der Waals surface area contributed by atoms with Crippen LogP contribution in [0, 0.1) is 10.1 Å². The highest BCUT2D eigenvalue weighted by Gasteiger charge is 2.14. The van der Waals surface area contributed by atoms with Crippen LogP contribution in [0.5, 0.6) is 0 Å². The highest BCUT2D eigenvalue weighted by molar-refractivity contribution is 7.89. The average molecular weight is 316 g/mol. The first-order chi connectivity index (χ1) is 9.76. The van der Waals surface area contributed by atoms with Crippen LogP contribution < -0.4 is 10.6 Å². The van der Waals surface area contributed by atoms with Gasteiger partial charge >= 0.3 is 0 Å². The highest BCUT2D eigenvalue weighted by atomic mass is 32.2. The molecular formula is C12H20N4O4S. The Balaban J connectivity index is 2.81. The summed E-state index contributed by atoms with van der Waals surface area (Å²) >= 11 is 0. The molecule has 0 saturated heterocycles. The van der Waals surface area contributed by atoms with Crippen molar-refractivity contribution in [3.63, 3.8) is 0 Å². The number of sulfonamides is 1. The Kier molecular flexibility index (Phi) is 5.91. The molecule has 0 unspecified atom stereocenters. The molecule has 0 aromatic heterocycles. The molecule has 0 bridgehead atoms. The Hall–Kier alpha value is -1.87. The molecule has 8 nitrogen and oxygen atoms in total. The molecule has 118 valence electrons. The summed E-state index contributed by atoms with van der Waals surface area (Å²) < 4.78 is 24.4. The number of rotatable bonds is 8. The number of nitrogens with zero attached hydrogens (tertiary/aromatic N) is 2. The van der Waals surface area contributed by atoms with E-state index in [1.807, 2.05) is 6.92 Å². The molecule has 0 spiro atoms.